The van der Waals surface area contributed by atoms with Gasteiger partial charge in [-0.05, 0) is 12.1 Å². The molecule has 1 aromatic rings. The topological polar surface area (TPSA) is 23.5 Å². The third-order valence-electron chi connectivity index (χ3n) is 1.49. The summed E-state index contributed by atoms with van der Waals surface area (Å²) in [6.07, 6.45) is 0. The molecule has 0 spiro atoms. The van der Waals surface area contributed by atoms with Crippen molar-refractivity contribution in [2.45, 2.75) is 6.54 Å². The normalized spacial score (nSPS) is 10.9. The summed E-state index contributed by atoms with van der Waals surface area (Å²) in [5.41, 5.74) is 0.384. The molecule has 5 heteroatoms. The van der Waals surface area contributed by atoms with E-state index in [1.54, 1.807) is 6.07 Å². The van der Waals surface area contributed by atoms with Crippen molar-refractivity contribution in [2.24, 2.45) is 0 Å². The van der Waals surface area contributed by atoms with Gasteiger partial charge in [-0.3, -0.25) is 0 Å². The molecular weight excluding hydrogens is 260 g/mol. The van der Waals surface area contributed by atoms with Gasteiger partial charge in [-0.25, -0.2) is 4.39 Å². The van der Waals surface area contributed by atoms with Crippen LogP contribution in [0.25, 0.3) is 0 Å². The fraction of sp³-hybridized carbons (Fsp3) is 0.250. The first-order valence-corrected chi connectivity index (χ1v) is 4.71. The van der Waals surface area contributed by atoms with Crippen LogP contribution < -0.4 is 0 Å². The van der Waals surface area contributed by atoms with E-state index in [0.29, 0.717) is 15.1 Å². The Labute approximate surface area is 89.0 Å². The van der Waals surface area contributed by atoms with Crippen LogP contribution in [0.15, 0.2) is 16.6 Å². The molecule has 0 radical (unpaired) electrons. The fourth-order valence-electron chi connectivity index (χ4n) is 0.952. The molecule has 0 aliphatic heterocycles. The Morgan fingerprint density at radius 3 is 2.69 bits per heavy atom. The van der Waals surface area contributed by atoms with Gasteiger partial charge in [-0.15, -0.1) is 0 Å². The Bertz CT molecular complexity index is 296. The minimum Gasteiger partial charge on any atom is -0.314 e. The summed E-state index contributed by atoms with van der Waals surface area (Å²) in [4.78, 5) is 0. The summed E-state index contributed by atoms with van der Waals surface area (Å²) >= 11 is 8.78. The Balaban J connectivity index is 3.06. The van der Waals surface area contributed by atoms with E-state index in [-0.39, 0.29) is 6.54 Å². The van der Waals surface area contributed by atoms with E-state index in [2.05, 4.69) is 15.9 Å². The van der Waals surface area contributed by atoms with Crippen molar-refractivity contribution in [1.82, 2.24) is 5.06 Å². The molecule has 1 N–H and O–H groups in total. The maximum Gasteiger partial charge on any atom is 0.130 e. The molecule has 0 aliphatic carbocycles. The van der Waals surface area contributed by atoms with E-state index < -0.39 is 5.82 Å². The molecule has 13 heavy (non-hydrogen) atoms. The first-order valence-electron chi connectivity index (χ1n) is 3.54. The molecule has 0 aromatic heterocycles. The largest absolute Gasteiger partial charge is 0.314 e. The summed E-state index contributed by atoms with van der Waals surface area (Å²) in [6, 6.07) is 2.80. The van der Waals surface area contributed by atoms with E-state index in [9.17, 15) is 4.39 Å². The number of halogens is 3. The summed E-state index contributed by atoms with van der Waals surface area (Å²) in [5, 5.41) is 10.2. The second kappa shape index (κ2) is 4.37. The van der Waals surface area contributed by atoms with Gasteiger partial charge >= 0.3 is 0 Å². The molecule has 2 nitrogen and oxygen atoms in total. The van der Waals surface area contributed by atoms with Crippen LogP contribution in [0.2, 0.25) is 5.02 Å². The lowest BCUT2D eigenvalue weighted by Gasteiger charge is -2.10. The molecule has 1 rings (SSSR count). The Hall–Kier alpha value is -0.160. The molecule has 0 aliphatic rings. The van der Waals surface area contributed by atoms with Gasteiger partial charge in [0, 0.05) is 22.1 Å². The van der Waals surface area contributed by atoms with Gasteiger partial charge in [0.05, 0.1) is 6.54 Å². The smallest absolute Gasteiger partial charge is 0.130 e. The number of hydrogen-bond acceptors (Lipinski definition) is 2. The van der Waals surface area contributed by atoms with Crippen LogP contribution >= 0.6 is 27.5 Å². The van der Waals surface area contributed by atoms with Crippen LogP contribution in [0.1, 0.15) is 5.56 Å². The minimum atomic E-state index is -0.430. The minimum absolute atomic E-state index is 0.115. The van der Waals surface area contributed by atoms with Gasteiger partial charge < -0.3 is 5.21 Å². The summed E-state index contributed by atoms with van der Waals surface area (Å²) in [7, 11) is 1.44. The van der Waals surface area contributed by atoms with Crippen molar-refractivity contribution in [3.8, 4) is 0 Å². The van der Waals surface area contributed by atoms with Gasteiger partial charge in [0.1, 0.15) is 5.82 Å². The van der Waals surface area contributed by atoms with E-state index in [1.165, 1.54) is 13.1 Å². The highest BCUT2D eigenvalue weighted by Gasteiger charge is 2.09. The highest BCUT2D eigenvalue weighted by atomic mass is 79.9. The average molecular weight is 269 g/mol. The van der Waals surface area contributed by atoms with Crippen LogP contribution in [0.5, 0.6) is 0 Å². The van der Waals surface area contributed by atoms with Crippen molar-refractivity contribution in [2.75, 3.05) is 7.05 Å². The quantitative estimate of drug-likeness (QED) is 0.833. The predicted octanol–water partition coefficient (Wildman–Crippen LogP) is 3.06. The first kappa shape index (κ1) is 10.9. The van der Waals surface area contributed by atoms with Crippen molar-refractivity contribution in [1.29, 1.82) is 0 Å². The number of nitrogens with zero attached hydrogens (tertiary/aromatic N) is 1. The van der Waals surface area contributed by atoms with Crippen LogP contribution in [0.3, 0.4) is 0 Å². The Morgan fingerprint density at radius 2 is 2.23 bits per heavy atom. The van der Waals surface area contributed by atoms with Gasteiger partial charge in [-0.2, -0.15) is 5.06 Å². The van der Waals surface area contributed by atoms with Gasteiger partial charge in [0.25, 0.3) is 0 Å². The third kappa shape index (κ3) is 2.91. The molecule has 0 amide bonds. The molecule has 0 saturated heterocycles. The number of hydroxylamine groups is 2. The SMILES string of the molecule is CN(O)Cc1c(F)cc(Cl)cc1Br. The summed E-state index contributed by atoms with van der Waals surface area (Å²) < 4.78 is 13.8. The van der Waals surface area contributed by atoms with Crippen molar-refractivity contribution in [3.63, 3.8) is 0 Å². The number of rotatable bonds is 2. The summed E-state index contributed by atoms with van der Waals surface area (Å²) in [6.45, 7) is 0.115. The van der Waals surface area contributed by atoms with Crippen LogP contribution in [0, 0.1) is 5.82 Å². The molecule has 0 bridgehead atoms. The van der Waals surface area contributed by atoms with Gasteiger partial charge in [0.15, 0.2) is 0 Å². The zero-order chi connectivity index (χ0) is 10.0. The molecule has 0 fully saturated rings. The number of hydrogen-bond donors (Lipinski definition) is 1. The molecule has 72 valence electrons. The zero-order valence-corrected chi connectivity index (χ0v) is 9.23. The van der Waals surface area contributed by atoms with Crippen molar-refractivity contribution in [3.05, 3.63) is 33.0 Å². The van der Waals surface area contributed by atoms with Crippen LogP contribution in [-0.4, -0.2) is 17.3 Å². The Kier molecular flexibility index (Phi) is 3.67. The third-order valence-corrected chi connectivity index (χ3v) is 2.42. The maximum atomic E-state index is 13.2. The maximum absolute atomic E-state index is 13.2. The predicted molar refractivity (Wildman–Crippen MR) is 52.4 cm³/mol. The standard InChI is InChI=1S/C8H8BrClFNO/c1-12(13)4-6-7(9)2-5(10)3-8(6)11/h2-3,13H,4H2,1H3. The van der Waals surface area contributed by atoms with Crippen LogP contribution in [0.4, 0.5) is 4.39 Å². The molecule has 0 atom stereocenters. The zero-order valence-electron chi connectivity index (χ0n) is 6.89. The van der Waals surface area contributed by atoms with E-state index in [0.717, 1.165) is 5.06 Å². The molecular formula is C8H8BrClFNO. The van der Waals surface area contributed by atoms with Gasteiger partial charge in [-0.1, -0.05) is 27.5 Å². The molecule has 0 saturated carbocycles. The average Bonchev–Trinajstić information content (AvgIpc) is 1.96. The summed E-state index contributed by atoms with van der Waals surface area (Å²) in [5.74, 6) is -0.430. The number of benzene rings is 1. The lowest BCUT2D eigenvalue weighted by molar-refractivity contribution is -0.0740. The van der Waals surface area contributed by atoms with Crippen molar-refractivity contribution >= 4 is 27.5 Å². The molecule has 0 unspecified atom stereocenters. The Morgan fingerprint density at radius 1 is 1.62 bits per heavy atom. The highest BCUT2D eigenvalue weighted by molar-refractivity contribution is 9.10. The fourth-order valence-corrected chi connectivity index (χ4v) is 1.85. The first-order chi connectivity index (χ1) is 6.00. The lowest BCUT2D eigenvalue weighted by atomic mass is 10.2. The van der Waals surface area contributed by atoms with Crippen LogP contribution in [-0.2, 0) is 6.54 Å². The van der Waals surface area contributed by atoms with Crippen molar-refractivity contribution < 1.29 is 9.60 Å². The van der Waals surface area contributed by atoms with E-state index in [4.69, 9.17) is 16.8 Å². The highest BCUT2D eigenvalue weighted by Crippen LogP contribution is 2.25. The van der Waals surface area contributed by atoms with E-state index >= 15 is 0 Å². The molecule has 0 heterocycles. The molecule has 1 aromatic carbocycles. The lowest BCUT2D eigenvalue weighted by Crippen LogP contribution is -2.13. The second-order valence-corrected chi connectivity index (χ2v) is 3.95. The second-order valence-electron chi connectivity index (χ2n) is 2.66. The monoisotopic (exact) mass is 267 g/mol. The van der Waals surface area contributed by atoms with Gasteiger partial charge in [0.2, 0.25) is 0 Å². The van der Waals surface area contributed by atoms with E-state index in [1.807, 2.05) is 0 Å².